The smallest absolute Gasteiger partial charge is 0.237 e. The number of hydrogen-bond acceptors (Lipinski definition) is 3. The molecule has 7 nitrogen and oxygen atoms in total. The first-order chi connectivity index (χ1) is 18.1. The molecule has 0 saturated heterocycles. The molecule has 2 atom stereocenters. The van der Waals surface area contributed by atoms with E-state index in [4.69, 9.17) is 4.98 Å². The van der Waals surface area contributed by atoms with Gasteiger partial charge >= 0.3 is 0 Å². The lowest BCUT2D eigenvalue weighted by atomic mass is 10.0. The predicted octanol–water partition coefficient (Wildman–Crippen LogP) is 5.21. The molecule has 0 aliphatic heterocycles. The minimum absolute atomic E-state index is 0.0301. The normalized spacial score (nSPS) is 13.0. The number of para-hydroxylation sites is 1. The number of carbonyl (C=O) groups excluding carboxylic acids is 1. The van der Waals surface area contributed by atoms with Gasteiger partial charge in [-0.05, 0) is 49.1 Å². The summed E-state index contributed by atoms with van der Waals surface area (Å²) < 4.78 is 2.01. The first kappa shape index (κ1) is 24.6. The number of benzene rings is 2. The zero-order valence-corrected chi connectivity index (χ0v) is 21.4. The van der Waals surface area contributed by atoms with Gasteiger partial charge in [0.1, 0.15) is 5.82 Å². The summed E-state index contributed by atoms with van der Waals surface area (Å²) >= 11 is 0. The number of hydrogen-bond donors (Lipinski definition) is 4. The molecule has 190 valence electrons. The molecule has 0 spiro atoms. The third kappa shape index (κ3) is 5.67. The summed E-state index contributed by atoms with van der Waals surface area (Å²) in [5.41, 5.74) is 4.22. The maximum absolute atomic E-state index is 13.6. The van der Waals surface area contributed by atoms with Crippen LogP contribution in [0.4, 0.5) is 0 Å². The van der Waals surface area contributed by atoms with Crippen molar-refractivity contribution in [1.82, 2.24) is 30.2 Å². The van der Waals surface area contributed by atoms with Crippen LogP contribution in [0.5, 0.6) is 0 Å². The first-order valence-corrected chi connectivity index (χ1v) is 13.0. The summed E-state index contributed by atoms with van der Waals surface area (Å²) in [5, 5.41) is 7.90. The summed E-state index contributed by atoms with van der Waals surface area (Å²) in [6.45, 7) is 4.65. The van der Waals surface area contributed by atoms with Crippen molar-refractivity contribution in [3.05, 3.63) is 108 Å². The highest BCUT2D eigenvalue weighted by Gasteiger charge is 2.23. The summed E-state index contributed by atoms with van der Waals surface area (Å²) in [6.07, 6.45) is 8.44. The van der Waals surface area contributed by atoms with Gasteiger partial charge in [0.05, 0.1) is 17.8 Å². The number of aromatic amines is 2. The van der Waals surface area contributed by atoms with Crippen molar-refractivity contribution in [2.45, 2.75) is 51.7 Å². The van der Waals surface area contributed by atoms with E-state index in [1.54, 1.807) is 0 Å². The Morgan fingerprint density at radius 2 is 1.78 bits per heavy atom. The standard InChI is InChI=1S/C30H34N6O/c1-3-11-28-34-27(29(35-28)36-16-9-10-17-36)20-32-26(18-23-19-31-25-15-8-7-14-24(23)25)30(37)33-21(2)22-12-5-4-6-13-22/h4-10,12-17,19,21,26,31-32H,3,11,18,20H2,1-2H3,(H,33,37)(H,34,35). The molecule has 3 aromatic heterocycles. The van der Waals surface area contributed by atoms with E-state index in [2.05, 4.69) is 39.7 Å². The van der Waals surface area contributed by atoms with Gasteiger partial charge in [-0.25, -0.2) is 4.98 Å². The van der Waals surface area contributed by atoms with Crippen LogP contribution < -0.4 is 10.6 Å². The quantitative estimate of drug-likeness (QED) is 0.203. The van der Waals surface area contributed by atoms with Crippen molar-refractivity contribution in [2.75, 3.05) is 0 Å². The molecule has 0 bridgehead atoms. The monoisotopic (exact) mass is 494 g/mol. The number of fused-ring (bicyclic) bond motifs is 1. The number of aromatic nitrogens is 4. The maximum Gasteiger partial charge on any atom is 0.237 e. The molecule has 2 unspecified atom stereocenters. The maximum atomic E-state index is 13.6. The van der Waals surface area contributed by atoms with Crippen LogP contribution in [0.25, 0.3) is 16.7 Å². The zero-order chi connectivity index (χ0) is 25.6. The Morgan fingerprint density at radius 3 is 2.57 bits per heavy atom. The largest absolute Gasteiger partial charge is 0.361 e. The van der Waals surface area contributed by atoms with Crippen molar-refractivity contribution in [2.24, 2.45) is 0 Å². The van der Waals surface area contributed by atoms with Crippen molar-refractivity contribution >= 4 is 16.8 Å². The van der Waals surface area contributed by atoms with Crippen LogP contribution in [-0.2, 0) is 24.2 Å². The van der Waals surface area contributed by atoms with E-state index in [0.29, 0.717) is 13.0 Å². The molecule has 0 aliphatic rings. The third-order valence-electron chi connectivity index (χ3n) is 6.74. The molecular weight excluding hydrogens is 460 g/mol. The van der Waals surface area contributed by atoms with Crippen LogP contribution in [0, 0.1) is 0 Å². The minimum atomic E-state index is -0.430. The number of carbonyl (C=O) groups is 1. The molecule has 2 aromatic carbocycles. The number of aryl methyl sites for hydroxylation is 1. The van der Waals surface area contributed by atoms with Gasteiger partial charge in [0.25, 0.3) is 0 Å². The van der Waals surface area contributed by atoms with Crippen molar-refractivity contribution in [3.8, 4) is 5.82 Å². The fourth-order valence-electron chi connectivity index (χ4n) is 4.76. The SMILES string of the molecule is CCCc1nc(-n2cccc2)c(CNC(Cc2c[nH]c3ccccc23)C(=O)NC(C)c2ccccc2)[nH]1. The van der Waals surface area contributed by atoms with Crippen molar-refractivity contribution in [3.63, 3.8) is 0 Å². The van der Waals surface area contributed by atoms with Crippen LogP contribution in [0.2, 0.25) is 0 Å². The minimum Gasteiger partial charge on any atom is -0.361 e. The lowest BCUT2D eigenvalue weighted by molar-refractivity contribution is -0.123. The molecule has 5 aromatic rings. The summed E-state index contributed by atoms with van der Waals surface area (Å²) in [5.74, 6) is 1.79. The molecule has 3 heterocycles. The van der Waals surface area contributed by atoms with Gasteiger partial charge in [-0.3, -0.25) is 10.1 Å². The number of nitrogens with zero attached hydrogens (tertiary/aromatic N) is 2. The van der Waals surface area contributed by atoms with Crippen LogP contribution in [0.3, 0.4) is 0 Å². The Balaban J connectivity index is 1.39. The average molecular weight is 495 g/mol. The highest BCUT2D eigenvalue weighted by atomic mass is 16.2. The van der Waals surface area contributed by atoms with Gasteiger partial charge in [-0.1, -0.05) is 55.5 Å². The van der Waals surface area contributed by atoms with Gasteiger partial charge < -0.3 is 19.9 Å². The first-order valence-electron chi connectivity index (χ1n) is 13.0. The third-order valence-corrected chi connectivity index (χ3v) is 6.74. The molecule has 7 heteroatoms. The Labute approximate surface area is 217 Å². The molecule has 0 radical (unpaired) electrons. The fourth-order valence-corrected chi connectivity index (χ4v) is 4.76. The van der Waals surface area contributed by atoms with Crippen LogP contribution >= 0.6 is 0 Å². The Hall–Kier alpha value is -4.10. The zero-order valence-electron chi connectivity index (χ0n) is 21.4. The molecule has 1 amide bonds. The lowest BCUT2D eigenvalue weighted by Gasteiger charge is -2.22. The summed E-state index contributed by atoms with van der Waals surface area (Å²) in [4.78, 5) is 25.3. The van der Waals surface area contributed by atoms with Crippen molar-refractivity contribution in [1.29, 1.82) is 0 Å². The van der Waals surface area contributed by atoms with Crippen molar-refractivity contribution < 1.29 is 4.79 Å². The average Bonchev–Trinajstić information content (AvgIpc) is 3.67. The van der Waals surface area contributed by atoms with E-state index in [-0.39, 0.29) is 11.9 Å². The number of rotatable bonds is 11. The Morgan fingerprint density at radius 1 is 1.03 bits per heavy atom. The predicted molar refractivity (Wildman–Crippen MR) is 148 cm³/mol. The van der Waals surface area contributed by atoms with Crippen LogP contribution in [0.15, 0.2) is 85.3 Å². The summed E-state index contributed by atoms with van der Waals surface area (Å²) in [6, 6.07) is 21.7. The number of amides is 1. The second kappa shape index (κ2) is 11.3. The van der Waals surface area contributed by atoms with E-state index < -0.39 is 6.04 Å². The molecule has 0 fully saturated rings. The summed E-state index contributed by atoms with van der Waals surface area (Å²) in [7, 11) is 0. The second-order valence-electron chi connectivity index (χ2n) is 9.46. The van der Waals surface area contributed by atoms with E-state index in [9.17, 15) is 4.79 Å². The molecule has 0 aliphatic carbocycles. The number of H-pyrrole nitrogens is 2. The van der Waals surface area contributed by atoms with E-state index in [0.717, 1.165) is 52.2 Å². The molecular formula is C30H34N6O. The Kier molecular flexibility index (Phi) is 7.51. The highest BCUT2D eigenvalue weighted by Crippen LogP contribution is 2.21. The fraction of sp³-hybridized carbons (Fsp3) is 0.267. The topological polar surface area (TPSA) is 90.5 Å². The van der Waals surface area contributed by atoms with Gasteiger partial charge in [-0.15, -0.1) is 0 Å². The molecule has 5 rings (SSSR count). The second-order valence-corrected chi connectivity index (χ2v) is 9.46. The van der Waals surface area contributed by atoms with Gasteiger partial charge in [0, 0.05) is 42.5 Å². The molecule has 4 N–H and O–H groups in total. The van der Waals surface area contributed by atoms with E-state index >= 15 is 0 Å². The van der Waals surface area contributed by atoms with E-state index in [1.165, 1.54) is 0 Å². The number of imidazole rings is 1. The van der Waals surface area contributed by atoms with Gasteiger partial charge in [-0.2, -0.15) is 0 Å². The van der Waals surface area contributed by atoms with Crippen LogP contribution in [0.1, 0.15) is 49.0 Å². The highest BCUT2D eigenvalue weighted by molar-refractivity contribution is 5.86. The van der Waals surface area contributed by atoms with Gasteiger partial charge in [0.15, 0.2) is 5.82 Å². The number of nitrogens with one attached hydrogen (secondary N) is 4. The van der Waals surface area contributed by atoms with Gasteiger partial charge in [0.2, 0.25) is 5.91 Å². The lowest BCUT2D eigenvalue weighted by Crippen LogP contribution is -2.46. The Bertz CT molecular complexity index is 1430. The molecule has 37 heavy (non-hydrogen) atoms. The van der Waals surface area contributed by atoms with E-state index in [1.807, 2.05) is 84.7 Å². The van der Waals surface area contributed by atoms with Crippen LogP contribution in [-0.4, -0.2) is 31.5 Å². The molecule has 0 saturated carbocycles.